The molecule has 0 saturated heterocycles. The molecular formula is C19H25FN4O2. The van der Waals surface area contributed by atoms with E-state index in [2.05, 4.69) is 20.6 Å². The number of guanidine groups is 1. The molecule has 0 radical (unpaired) electrons. The van der Waals surface area contributed by atoms with Crippen LogP contribution in [-0.4, -0.2) is 37.2 Å². The van der Waals surface area contributed by atoms with Crippen molar-refractivity contribution in [3.05, 3.63) is 54.0 Å². The van der Waals surface area contributed by atoms with Gasteiger partial charge < -0.3 is 20.1 Å². The molecular weight excluding hydrogens is 335 g/mol. The van der Waals surface area contributed by atoms with Crippen molar-refractivity contribution in [3.8, 4) is 11.6 Å². The Bertz CT molecular complexity index is 707. The topological polar surface area (TPSA) is 67.8 Å². The van der Waals surface area contributed by atoms with E-state index < -0.39 is 0 Å². The van der Waals surface area contributed by atoms with Crippen LogP contribution in [0.4, 0.5) is 4.39 Å². The van der Waals surface area contributed by atoms with Gasteiger partial charge in [0.05, 0.1) is 13.2 Å². The Labute approximate surface area is 153 Å². The van der Waals surface area contributed by atoms with Crippen LogP contribution in [0.25, 0.3) is 0 Å². The van der Waals surface area contributed by atoms with Crippen molar-refractivity contribution in [2.75, 3.05) is 20.3 Å². The van der Waals surface area contributed by atoms with Crippen LogP contribution < -0.4 is 15.4 Å². The fourth-order valence-corrected chi connectivity index (χ4v) is 2.23. The lowest BCUT2D eigenvalue weighted by Gasteiger charge is -2.17. The molecule has 26 heavy (non-hydrogen) atoms. The lowest BCUT2D eigenvalue weighted by Crippen LogP contribution is -2.43. The molecule has 7 heteroatoms. The van der Waals surface area contributed by atoms with Crippen LogP contribution in [0.15, 0.2) is 47.6 Å². The van der Waals surface area contributed by atoms with Crippen LogP contribution in [0.2, 0.25) is 0 Å². The van der Waals surface area contributed by atoms with Crippen molar-refractivity contribution in [2.24, 2.45) is 4.99 Å². The molecule has 0 amide bonds. The van der Waals surface area contributed by atoms with Crippen LogP contribution in [0.3, 0.4) is 0 Å². The Morgan fingerprint density at radius 2 is 2.15 bits per heavy atom. The molecule has 0 spiro atoms. The number of aromatic nitrogens is 1. The number of rotatable bonds is 8. The van der Waals surface area contributed by atoms with Gasteiger partial charge in [0.1, 0.15) is 11.6 Å². The Balaban J connectivity index is 1.96. The van der Waals surface area contributed by atoms with E-state index >= 15 is 0 Å². The maximum Gasteiger partial charge on any atom is 0.219 e. The summed E-state index contributed by atoms with van der Waals surface area (Å²) in [5.74, 6) is 1.19. The molecule has 6 nitrogen and oxygen atoms in total. The Hall–Kier alpha value is -2.67. The fraction of sp³-hybridized carbons (Fsp3) is 0.368. The molecule has 1 aromatic heterocycles. The monoisotopic (exact) mass is 360 g/mol. The fourth-order valence-electron chi connectivity index (χ4n) is 2.23. The second-order valence-electron chi connectivity index (χ2n) is 5.76. The van der Waals surface area contributed by atoms with Crippen molar-refractivity contribution in [2.45, 2.75) is 26.4 Å². The summed E-state index contributed by atoms with van der Waals surface area (Å²) in [4.78, 5) is 8.78. The van der Waals surface area contributed by atoms with E-state index in [-0.39, 0.29) is 11.9 Å². The first-order valence-electron chi connectivity index (χ1n) is 8.53. The Morgan fingerprint density at radius 1 is 1.31 bits per heavy atom. The molecule has 0 aliphatic carbocycles. The van der Waals surface area contributed by atoms with Gasteiger partial charge in [-0.05, 0) is 31.5 Å². The zero-order valence-corrected chi connectivity index (χ0v) is 15.3. The summed E-state index contributed by atoms with van der Waals surface area (Å²) in [6.07, 6.45) is 1.69. The van der Waals surface area contributed by atoms with Crippen LogP contribution in [0, 0.1) is 5.82 Å². The highest BCUT2D eigenvalue weighted by molar-refractivity contribution is 5.80. The van der Waals surface area contributed by atoms with Gasteiger partial charge in [-0.3, -0.25) is 0 Å². The molecule has 2 aromatic rings. The third kappa shape index (κ3) is 6.68. The normalized spacial score (nSPS) is 12.5. The largest absolute Gasteiger partial charge is 0.439 e. The third-order valence-corrected chi connectivity index (χ3v) is 3.38. The van der Waals surface area contributed by atoms with Crippen LogP contribution >= 0.6 is 0 Å². The predicted molar refractivity (Wildman–Crippen MR) is 100 cm³/mol. The highest BCUT2D eigenvalue weighted by Gasteiger charge is 2.05. The maximum atomic E-state index is 13.2. The summed E-state index contributed by atoms with van der Waals surface area (Å²) in [5, 5.41) is 6.47. The van der Waals surface area contributed by atoms with E-state index in [1.165, 1.54) is 12.1 Å². The molecule has 140 valence electrons. The summed E-state index contributed by atoms with van der Waals surface area (Å²) in [6, 6.07) is 9.72. The summed E-state index contributed by atoms with van der Waals surface area (Å²) < 4.78 is 23.8. The number of benzene rings is 1. The number of pyridine rings is 1. The molecule has 2 rings (SSSR count). The zero-order valence-electron chi connectivity index (χ0n) is 15.3. The minimum absolute atomic E-state index is 0.151. The predicted octanol–water partition coefficient (Wildman–Crippen LogP) is 3.10. The van der Waals surface area contributed by atoms with Gasteiger partial charge in [0.15, 0.2) is 5.96 Å². The van der Waals surface area contributed by atoms with Gasteiger partial charge in [-0.25, -0.2) is 14.4 Å². The highest BCUT2D eigenvalue weighted by Crippen LogP contribution is 2.20. The van der Waals surface area contributed by atoms with Crippen molar-refractivity contribution in [1.82, 2.24) is 15.6 Å². The number of methoxy groups -OCH3 is 1. The van der Waals surface area contributed by atoms with E-state index in [4.69, 9.17) is 9.47 Å². The number of hydrogen-bond acceptors (Lipinski definition) is 4. The number of nitrogens with zero attached hydrogens (tertiary/aromatic N) is 2. The van der Waals surface area contributed by atoms with Crippen molar-refractivity contribution < 1.29 is 13.9 Å². The molecule has 0 fully saturated rings. The quantitative estimate of drug-likeness (QED) is 0.559. The number of aliphatic imine (C=N–C) groups is 1. The highest BCUT2D eigenvalue weighted by atomic mass is 19.1. The molecule has 0 aliphatic heterocycles. The van der Waals surface area contributed by atoms with E-state index in [1.807, 2.05) is 19.9 Å². The Morgan fingerprint density at radius 3 is 2.81 bits per heavy atom. The van der Waals surface area contributed by atoms with E-state index in [0.717, 1.165) is 18.1 Å². The van der Waals surface area contributed by atoms with Gasteiger partial charge in [-0.15, -0.1) is 0 Å². The van der Waals surface area contributed by atoms with E-state index in [0.29, 0.717) is 24.8 Å². The first-order valence-corrected chi connectivity index (χ1v) is 8.53. The number of halogens is 1. The molecule has 1 atom stereocenters. The van der Waals surface area contributed by atoms with Gasteiger partial charge in [0, 0.05) is 38.0 Å². The SMILES string of the molecule is CCNC(=NCc1ccc(Oc2cccc(F)c2)nc1)NC(C)COC. The minimum atomic E-state index is -0.348. The number of hydrogen-bond donors (Lipinski definition) is 2. The lowest BCUT2D eigenvalue weighted by molar-refractivity contribution is 0.179. The summed E-state index contributed by atoms with van der Waals surface area (Å²) >= 11 is 0. The maximum absolute atomic E-state index is 13.2. The Kier molecular flexibility index (Phi) is 7.82. The summed E-state index contributed by atoms with van der Waals surface area (Å²) in [6.45, 7) is 5.87. The lowest BCUT2D eigenvalue weighted by atomic mass is 10.3. The molecule has 0 saturated carbocycles. The van der Waals surface area contributed by atoms with Crippen LogP contribution in [0.1, 0.15) is 19.4 Å². The van der Waals surface area contributed by atoms with Gasteiger partial charge in [0.2, 0.25) is 5.88 Å². The third-order valence-electron chi connectivity index (χ3n) is 3.38. The smallest absolute Gasteiger partial charge is 0.219 e. The first kappa shape index (κ1) is 19.7. The number of ether oxygens (including phenoxy) is 2. The standard InChI is InChI=1S/C19H25FN4O2/c1-4-21-19(24-14(2)13-25-3)23-12-15-8-9-18(22-11-15)26-17-7-5-6-16(20)10-17/h5-11,14H,4,12-13H2,1-3H3,(H2,21,23,24). The second kappa shape index (κ2) is 10.4. The molecule has 0 aliphatic rings. The summed E-state index contributed by atoms with van der Waals surface area (Å²) in [7, 11) is 1.67. The van der Waals surface area contributed by atoms with Crippen molar-refractivity contribution in [1.29, 1.82) is 0 Å². The minimum Gasteiger partial charge on any atom is -0.439 e. The van der Waals surface area contributed by atoms with Gasteiger partial charge in [-0.2, -0.15) is 0 Å². The molecule has 2 N–H and O–H groups in total. The van der Waals surface area contributed by atoms with Crippen molar-refractivity contribution in [3.63, 3.8) is 0 Å². The van der Waals surface area contributed by atoms with Gasteiger partial charge in [-0.1, -0.05) is 12.1 Å². The second-order valence-corrected chi connectivity index (χ2v) is 5.76. The van der Waals surface area contributed by atoms with E-state index in [9.17, 15) is 4.39 Å². The van der Waals surface area contributed by atoms with Crippen molar-refractivity contribution >= 4 is 5.96 Å². The average Bonchev–Trinajstić information content (AvgIpc) is 2.61. The first-order chi connectivity index (χ1) is 12.6. The molecule has 1 unspecified atom stereocenters. The van der Waals surface area contributed by atoms with Crippen LogP contribution in [-0.2, 0) is 11.3 Å². The number of nitrogens with one attached hydrogen (secondary N) is 2. The van der Waals surface area contributed by atoms with Gasteiger partial charge >= 0.3 is 0 Å². The molecule has 1 aromatic carbocycles. The average molecular weight is 360 g/mol. The molecule has 0 bridgehead atoms. The molecule has 1 heterocycles. The summed E-state index contributed by atoms with van der Waals surface area (Å²) in [5.41, 5.74) is 0.938. The van der Waals surface area contributed by atoms with E-state index in [1.54, 1.807) is 31.5 Å². The van der Waals surface area contributed by atoms with Gasteiger partial charge in [0.25, 0.3) is 0 Å². The zero-order chi connectivity index (χ0) is 18.8. The van der Waals surface area contributed by atoms with Crippen LogP contribution in [0.5, 0.6) is 11.6 Å².